The molecule has 3 atom stereocenters. The average Bonchev–Trinajstić information content (AvgIpc) is 2.86. The van der Waals surface area contributed by atoms with E-state index in [1.165, 1.54) is 31.0 Å². The number of benzene rings is 1. The lowest BCUT2D eigenvalue weighted by Crippen LogP contribution is -2.62. The Kier molecular flexibility index (Phi) is 10.1. The lowest BCUT2D eigenvalue weighted by atomic mass is 9.95. The van der Waals surface area contributed by atoms with Crippen molar-refractivity contribution in [3.8, 4) is 0 Å². The maximum Gasteiger partial charge on any atom is 0.317 e. The Morgan fingerprint density at radius 2 is 1.79 bits per heavy atom. The van der Waals surface area contributed by atoms with E-state index in [0.717, 1.165) is 24.2 Å². The molecule has 1 aromatic rings. The molecular weight excluding hydrogens is 448 g/mol. The van der Waals surface area contributed by atoms with Gasteiger partial charge in [-0.25, -0.2) is 4.79 Å². The summed E-state index contributed by atoms with van der Waals surface area (Å²) in [6.45, 7) is 7.52. The normalized spacial score (nSPS) is 21.0. The predicted molar refractivity (Wildman–Crippen MR) is 137 cm³/mol. The highest BCUT2D eigenvalue weighted by Gasteiger charge is 2.35. The molecule has 0 radical (unpaired) electrons. The zero-order valence-electron chi connectivity index (χ0n) is 20.8. The van der Waals surface area contributed by atoms with E-state index < -0.39 is 6.04 Å². The first-order valence-electron chi connectivity index (χ1n) is 12.7. The summed E-state index contributed by atoms with van der Waals surface area (Å²) in [5, 5.41) is 6.19. The predicted octanol–water partition coefficient (Wildman–Crippen LogP) is 3.88. The van der Waals surface area contributed by atoms with Crippen LogP contribution in [0.1, 0.15) is 59.3 Å². The summed E-state index contributed by atoms with van der Waals surface area (Å²) in [5.74, 6) is 0.120. The molecular formula is C26H40N4O3S. The van der Waals surface area contributed by atoms with Crippen LogP contribution in [0.3, 0.4) is 0 Å². The number of piperazine rings is 1. The lowest BCUT2D eigenvalue weighted by Gasteiger charge is -2.42. The Bertz CT molecular complexity index is 816. The van der Waals surface area contributed by atoms with Crippen LogP contribution < -0.4 is 10.6 Å². The summed E-state index contributed by atoms with van der Waals surface area (Å²) in [6, 6.07) is 9.42. The second-order valence-corrected chi connectivity index (χ2v) is 10.7. The van der Waals surface area contributed by atoms with Crippen molar-refractivity contribution < 1.29 is 14.4 Å². The van der Waals surface area contributed by atoms with Crippen LogP contribution in [0.2, 0.25) is 0 Å². The third kappa shape index (κ3) is 7.39. The van der Waals surface area contributed by atoms with Gasteiger partial charge in [-0.05, 0) is 37.8 Å². The van der Waals surface area contributed by atoms with Gasteiger partial charge in [0.15, 0.2) is 0 Å². The van der Waals surface area contributed by atoms with Gasteiger partial charge in [0.2, 0.25) is 11.8 Å². The number of rotatable bonds is 8. The second kappa shape index (κ2) is 13.0. The van der Waals surface area contributed by atoms with Crippen LogP contribution in [0, 0.1) is 5.92 Å². The van der Waals surface area contributed by atoms with E-state index in [9.17, 15) is 14.4 Å². The molecule has 1 saturated heterocycles. The maximum atomic E-state index is 13.4. The third-order valence-corrected chi connectivity index (χ3v) is 8.05. The van der Waals surface area contributed by atoms with Crippen molar-refractivity contribution in [3.63, 3.8) is 0 Å². The summed E-state index contributed by atoms with van der Waals surface area (Å²) in [4.78, 5) is 43.6. The van der Waals surface area contributed by atoms with E-state index in [-0.39, 0.29) is 41.6 Å². The monoisotopic (exact) mass is 488 g/mol. The molecule has 7 nitrogen and oxygen atoms in total. The Labute approximate surface area is 208 Å². The molecule has 1 heterocycles. The fourth-order valence-corrected chi connectivity index (χ4v) is 5.46. The minimum absolute atomic E-state index is 0.0174. The van der Waals surface area contributed by atoms with Crippen LogP contribution in [0.15, 0.2) is 35.2 Å². The molecule has 2 fully saturated rings. The molecule has 2 aliphatic rings. The van der Waals surface area contributed by atoms with Gasteiger partial charge in [0.1, 0.15) is 6.04 Å². The van der Waals surface area contributed by atoms with Gasteiger partial charge in [-0.2, -0.15) is 0 Å². The van der Waals surface area contributed by atoms with Gasteiger partial charge in [-0.1, -0.05) is 57.7 Å². The molecule has 1 saturated carbocycles. The first-order chi connectivity index (χ1) is 16.4. The highest BCUT2D eigenvalue weighted by Crippen LogP contribution is 2.20. The van der Waals surface area contributed by atoms with Gasteiger partial charge in [0.25, 0.3) is 0 Å². The van der Waals surface area contributed by atoms with Crippen LogP contribution in [-0.4, -0.2) is 71.2 Å². The third-order valence-electron chi connectivity index (χ3n) is 7.04. The molecule has 3 unspecified atom stereocenters. The molecule has 3 rings (SSSR count). The van der Waals surface area contributed by atoms with Gasteiger partial charge in [-0.15, -0.1) is 11.8 Å². The Morgan fingerprint density at radius 3 is 2.44 bits per heavy atom. The van der Waals surface area contributed by atoms with E-state index in [0.29, 0.717) is 19.6 Å². The average molecular weight is 489 g/mol. The molecule has 0 spiro atoms. The van der Waals surface area contributed by atoms with Gasteiger partial charge >= 0.3 is 6.03 Å². The van der Waals surface area contributed by atoms with Gasteiger partial charge in [0.05, 0.1) is 5.75 Å². The van der Waals surface area contributed by atoms with E-state index in [4.69, 9.17) is 0 Å². The minimum atomic E-state index is -0.552. The van der Waals surface area contributed by atoms with E-state index in [2.05, 4.69) is 10.6 Å². The van der Waals surface area contributed by atoms with Crippen LogP contribution in [0.5, 0.6) is 0 Å². The number of carbonyl (C=O) groups is 3. The van der Waals surface area contributed by atoms with Crippen molar-refractivity contribution in [1.29, 1.82) is 0 Å². The van der Waals surface area contributed by atoms with Crippen LogP contribution in [0.25, 0.3) is 0 Å². The zero-order chi connectivity index (χ0) is 24.5. The Morgan fingerprint density at radius 1 is 1.09 bits per heavy atom. The molecule has 34 heavy (non-hydrogen) atoms. The first kappa shape index (κ1) is 26.4. The lowest BCUT2D eigenvalue weighted by molar-refractivity contribution is -0.139. The van der Waals surface area contributed by atoms with E-state index in [1.807, 2.05) is 60.9 Å². The number of carbonyl (C=O) groups excluding carboxylic acids is 3. The molecule has 188 valence electrons. The summed E-state index contributed by atoms with van der Waals surface area (Å²) in [6.07, 6.45) is 6.50. The van der Waals surface area contributed by atoms with Crippen molar-refractivity contribution in [2.75, 3.05) is 25.4 Å². The first-order valence-corrected chi connectivity index (χ1v) is 13.7. The number of thioether (sulfide) groups is 1. The number of amides is 4. The molecule has 4 amide bonds. The summed E-state index contributed by atoms with van der Waals surface area (Å²) >= 11 is 1.47. The second-order valence-electron chi connectivity index (χ2n) is 9.64. The van der Waals surface area contributed by atoms with Crippen molar-refractivity contribution in [2.45, 2.75) is 82.3 Å². The Balaban J connectivity index is 1.53. The highest BCUT2D eigenvalue weighted by atomic mass is 32.2. The zero-order valence-corrected chi connectivity index (χ0v) is 21.6. The molecule has 2 N–H and O–H groups in total. The number of nitrogens with zero attached hydrogens (tertiary/aromatic N) is 2. The van der Waals surface area contributed by atoms with Crippen LogP contribution >= 0.6 is 11.8 Å². The van der Waals surface area contributed by atoms with E-state index >= 15 is 0 Å². The maximum absolute atomic E-state index is 13.4. The number of urea groups is 1. The van der Waals surface area contributed by atoms with Crippen molar-refractivity contribution in [1.82, 2.24) is 20.4 Å². The van der Waals surface area contributed by atoms with Gasteiger partial charge in [-0.3, -0.25) is 9.59 Å². The Hall–Kier alpha value is -2.22. The molecule has 0 bridgehead atoms. The number of hydrogen-bond donors (Lipinski definition) is 2. The highest BCUT2D eigenvalue weighted by molar-refractivity contribution is 8.00. The van der Waals surface area contributed by atoms with Crippen LogP contribution in [-0.2, 0) is 9.59 Å². The summed E-state index contributed by atoms with van der Waals surface area (Å²) in [5.41, 5.74) is 0. The molecule has 1 aromatic carbocycles. The van der Waals surface area contributed by atoms with Crippen molar-refractivity contribution in [2.24, 2.45) is 5.92 Å². The smallest absolute Gasteiger partial charge is 0.317 e. The molecule has 0 aromatic heterocycles. The molecule has 8 heteroatoms. The van der Waals surface area contributed by atoms with Crippen molar-refractivity contribution in [3.05, 3.63) is 30.3 Å². The fourth-order valence-electron chi connectivity index (χ4n) is 4.72. The number of nitrogens with one attached hydrogen (secondary N) is 2. The summed E-state index contributed by atoms with van der Waals surface area (Å²) in [7, 11) is 0. The fraction of sp³-hybridized carbons (Fsp3) is 0.654. The number of hydrogen-bond acceptors (Lipinski definition) is 4. The quantitative estimate of drug-likeness (QED) is 0.544. The van der Waals surface area contributed by atoms with Crippen molar-refractivity contribution >= 4 is 29.6 Å². The van der Waals surface area contributed by atoms with Gasteiger partial charge in [0, 0.05) is 36.6 Å². The van der Waals surface area contributed by atoms with Gasteiger partial charge < -0.3 is 20.4 Å². The minimum Gasteiger partial charge on any atom is -0.343 e. The largest absolute Gasteiger partial charge is 0.343 e. The standard InChI is InChI=1S/C26H40N4O3S/c1-4-19(2)24(28-23(31)18-34-22-13-9-6-10-14-22)25(32)29-15-16-30(20(3)17-29)26(33)27-21-11-7-5-8-12-21/h6,9-10,13-14,19-21,24H,4-5,7-8,11-12,15-18H2,1-3H3,(H,27,33)(H,28,31). The van der Waals surface area contributed by atoms with Crippen LogP contribution in [0.4, 0.5) is 4.79 Å². The molecule has 1 aliphatic heterocycles. The molecule has 1 aliphatic carbocycles. The SMILES string of the molecule is CCC(C)C(NC(=O)CSc1ccccc1)C(=O)N1CCN(C(=O)NC2CCCCC2)C(C)C1. The van der Waals surface area contributed by atoms with E-state index in [1.54, 1.807) is 0 Å². The summed E-state index contributed by atoms with van der Waals surface area (Å²) < 4.78 is 0. The topological polar surface area (TPSA) is 81.8 Å².